The zero-order chi connectivity index (χ0) is 31.5. The molecule has 4 aromatic carbocycles. The van der Waals surface area contributed by atoms with Crippen molar-refractivity contribution in [2.75, 3.05) is 11.5 Å². The number of nitro benzene ring substituents is 1. The summed E-state index contributed by atoms with van der Waals surface area (Å²) in [6, 6.07) is 27.9. The molecule has 10 nitrogen and oxygen atoms in total. The minimum atomic E-state index is -0.760. The number of non-ortho nitro benzene ring substituents is 1. The van der Waals surface area contributed by atoms with Gasteiger partial charge in [-0.05, 0) is 85.3 Å². The maximum absolute atomic E-state index is 13.5. The first-order chi connectivity index (χ1) is 21.8. The molecule has 3 atom stereocenters. The number of esters is 1. The van der Waals surface area contributed by atoms with E-state index in [1.54, 1.807) is 24.3 Å². The van der Waals surface area contributed by atoms with Gasteiger partial charge in [-0.3, -0.25) is 29.4 Å². The van der Waals surface area contributed by atoms with E-state index in [9.17, 15) is 29.3 Å². The molecule has 6 rings (SSSR count). The summed E-state index contributed by atoms with van der Waals surface area (Å²) in [5, 5.41) is 10.8. The van der Waals surface area contributed by atoms with E-state index >= 15 is 0 Å². The van der Waals surface area contributed by atoms with E-state index in [0.717, 1.165) is 6.42 Å². The number of nitrogens with zero attached hydrogens (tertiary/aromatic N) is 2. The van der Waals surface area contributed by atoms with Gasteiger partial charge in [0.25, 0.3) is 5.69 Å². The van der Waals surface area contributed by atoms with Gasteiger partial charge in [-0.15, -0.1) is 0 Å². The average Bonchev–Trinajstić information content (AvgIpc) is 3.32. The highest BCUT2D eigenvalue weighted by atomic mass is 16.6. The van der Waals surface area contributed by atoms with Crippen molar-refractivity contribution in [2.45, 2.75) is 25.2 Å². The van der Waals surface area contributed by atoms with Crippen LogP contribution in [0.1, 0.15) is 51.5 Å². The van der Waals surface area contributed by atoms with Gasteiger partial charge in [0.05, 0.1) is 28.0 Å². The molecule has 10 heteroatoms. The van der Waals surface area contributed by atoms with Crippen LogP contribution in [0.5, 0.6) is 11.5 Å². The van der Waals surface area contributed by atoms with Crippen molar-refractivity contribution in [3.8, 4) is 11.5 Å². The fourth-order valence-electron chi connectivity index (χ4n) is 6.01. The molecule has 45 heavy (non-hydrogen) atoms. The summed E-state index contributed by atoms with van der Waals surface area (Å²) >= 11 is 0. The maximum atomic E-state index is 13.5. The molecule has 226 valence electrons. The van der Waals surface area contributed by atoms with Crippen LogP contribution in [-0.2, 0) is 14.3 Å². The highest BCUT2D eigenvalue weighted by Crippen LogP contribution is 2.45. The Morgan fingerprint density at radius 3 is 2.13 bits per heavy atom. The first-order valence-corrected chi connectivity index (χ1v) is 14.5. The van der Waals surface area contributed by atoms with E-state index < -0.39 is 29.2 Å². The molecule has 1 saturated carbocycles. The second kappa shape index (κ2) is 12.5. The summed E-state index contributed by atoms with van der Waals surface area (Å²) in [7, 11) is 0. The molecule has 0 spiro atoms. The summed E-state index contributed by atoms with van der Waals surface area (Å²) in [6.07, 6.45) is 2.05. The topological polar surface area (TPSA) is 133 Å². The molecule has 0 bridgehead atoms. The van der Waals surface area contributed by atoms with Crippen molar-refractivity contribution in [1.82, 2.24) is 0 Å². The second-order valence-corrected chi connectivity index (χ2v) is 11.1. The average molecular weight is 605 g/mol. The van der Waals surface area contributed by atoms with Gasteiger partial charge in [-0.25, -0.2) is 4.79 Å². The third-order valence-electron chi connectivity index (χ3n) is 8.33. The number of hydrogen-bond acceptors (Lipinski definition) is 8. The number of ether oxygens (including phenoxy) is 2. The van der Waals surface area contributed by atoms with Gasteiger partial charge < -0.3 is 9.47 Å². The number of nitro groups is 1. The molecule has 1 saturated heterocycles. The Morgan fingerprint density at radius 1 is 0.778 bits per heavy atom. The van der Waals surface area contributed by atoms with Crippen molar-refractivity contribution in [2.24, 2.45) is 11.8 Å². The van der Waals surface area contributed by atoms with Crippen LogP contribution < -0.4 is 9.64 Å². The summed E-state index contributed by atoms with van der Waals surface area (Å²) < 4.78 is 10.9. The zero-order valence-electron chi connectivity index (χ0n) is 24.0. The first-order valence-electron chi connectivity index (χ1n) is 14.5. The molecule has 4 aromatic rings. The van der Waals surface area contributed by atoms with Crippen LogP contribution in [0.2, 0.25) is 0 Å². The summed E-state index contributed by atoms with van der Waals surface area (Å²) in [5.74, 6) is -1.48. The molecule has 1 aliphatic carbocycles. The van der Waals surface area contributed by atoms with Crippen LogP contribution in [0.15, 0.2) is 103 Å². The number of amides is 2. The van der Waals surface area contributed by atoms with Crippen LogP contribution in [-0.4, -0.2) is 35.1 Å². The number of anilines is 1. The highest BCUT2D eigenvalue weighted by molar-refractivity contribution is 6.22. The Labute approximate surface area is 258 Å². The van der Waals surface area contributed by atoms with Crippen molar-refractivity contribution in [3.63, 3.8) is 0 Å². The number of Topliss-reactive ketones (excluding diaryl/α,β-unsaturated/α-hetero) is 1. The lowest BCUT2D eigenvalue weighted by Gasteiger charge is -2.28. The number of benzene rings is 4. The highest BCUT2D eigenvalue weighted by Gasteiger charge is 2.50. The van der Waals surface area contributed by atoms with Crippen molar-refractivity contribution in [3.05, 3.63) is 130 Å². The number of carbonyl (C=O) groups is 4. The Kier molecular flexibility index (Phi) is 8.20. The standard InChI is InChI=1S/C35H28N2O8/c38-32(23-9-14-28(15-10-23)45-29-16-12-26(13-17-29)37(42)43)21-44-35(41)25-7-4-8-27(19-25)36-33(39)30-18-11-24(20-31(30)34(36)40)22-5-2-1-3-6-22/h1-10,12-17,19,24,30-31H,11,18,20-21H2. The van der Waals surface area contributed by atoms with E-state index in [1.165, 1.54) is 59.0 Å². The first kappa shape index (κ1) is 29.4. The van der Waals surface area contributed by atoms with Gasteiger partial charge in [0, 0.05) is 17.7 Å². The Hall–Kier alpha value is -5.64. The number of ketones is 1. The molecular weight excluding hydrogens is 576 g/mol. The van der Waals surface area contributed by atoms with Gasteiger partial charge in [0.15, 0.2) is 12.4 Å². The Balaban J connectivity index is 1.06. The fraction of sp³-hybridized carbons (Fsp3) is 0.200. The monoisotopic (exact) mass is 604 g/mol. The number of fused-ring (bicyclic) bond motifs is 1. The van der Waals surface area contributed by atoms with Gasteiger partial charge in [0.2, 0.25) is 11.8 Å². The lowest BCUT2D eigenvalue weighted by Crippen LogP contribution is -2.31. The van der Waals surface area contributed by atoms with Crippen LogP contribution in [0, 0.1) is 22.0 Å². The van der Waals surface area contributed by atoms with E-state index in [0.29, 0.717) is 30.0 Å². The van der Waals surface area contributed by atoms with Crippen LogP contribution in [0.4, 0.5) is 11.4 Å². The quantitative estimate of drug-likeness (QED) is 0.0695. The number of carbonyl (C=O) groups excluding carboxylic acids is 4. The smallest absolute Gasteiger partial charge is 0.338 e. The Bertz CT molecular complexity index is 1770. The lowest BCUT2D eigenvalue weighted by molar-refractivity contribution is -0.384. The summed E-state index contributed by atoms with van der Waals surface area (Å²) in [4.78, 5) is 63.8. The predicted molar refractivity (Wildman–Crippen MR) is 163 cm³/mol. The SMILES string of the molecule is O=C(COC(=O)c1cccc(N2C(=O)C3CCC(c4ccccc4)CC3C2=O)c1)c1ccc(Oc2ccc([N+](=O)[O-])cc2)cc1. The molecule has 0 aromatic heterocycles. The number of imide groups is 1. The third-order valence-corrected chi connectivity index (χ3v) is 8.33. The molecule has 2 aliphatic rings. The molecule has 2 fully saturated rings. The van der Waals surface area contributed by atoms with Gasteiger partial charge >= 0.3 is 5.97 Å². The molecule has 0 N–H and O–H groups in total. The number of rotatable bonds is 9. The van der Waals surface area contributed by atoms with Gasteiger partial charge in [-0.1, -0.05) is 36.4 Å². The third kappa shape index (κ3) is 6.21. The lowest BCUT2D eigenvalue weighted by atomic mass is 9.73. The van der Waals surface area contributed by atoms with Crippen LogP contribution in [0.3, 0.4) is 0 Å². The van der Waals surface area contributed by atoms with E-state index in [-0.39, 0.29) is 40.5 Å². The molecule has 1 aliphatic heterocycles. The van der Waals surface area contributed by atoms with E-state index in [4.69, 9.17) is 9.47 Å². The van der Waals surface area contributed by atoms with Crippen LogP contribution in [0.25, 0.3) is 0 Å². The summed E-state index contributed by atoms with van der Waals surface area (Å²) in [5.41, 5.74) is 1.82. The van der Waals surface area contributed by atoms with Gasteiger partial charge in [0.1, 0.15) is 11.5 Å². The molecular formula is C35H28N2O8. The second-order valence-electron chi connectivity index (χ2n) is 11.1. The molecule has 1 heterocycles. The predicted octanol–water partition coefficient (Wildman–Crippen LogP) is 6.50. The Morgan fingerprint density at radius 2 is 1.44 bits per heavy atom. The number of hydrogen-bond donors (Lipinski definition) is 0. The van der Waals surface area contributed by atoms with Crippen molar-refractivity contribution in [1.29, 1.82) is 0 Å². The van der Waals surface area contributed by atoms with E-state index in [2.05, 4.69) is 12.1 Å². The molecule has 0 radical (unpaired) electrons. The minimum absolute atomic E-state index is 0.0578. The van der Waals surface area contributed by atoms with Crippen molar-refractivity contribution < 1.29 is 33.6 Å². The fourth-order valence-corrected chi connectivity index (χ4v) is 6.01. The molecule has 2 amide bonds. The summed E-state index contributed by atoms with van der Waals surface area (Å²) in [6.45, 7) is -0.516. The minimum Gasteiger partial charge on any atom is -0.457 e. The van der Waals surface area contributed by atoms with Crippen LogP contribution >= 0.6 is 0 Å². The van der Waals surface area contributed by atoms with Crippen molar-refractivity contribution >= 4 is 34.9 Å². The normalized spacial score (nSPS) is 19.1. The zero-order valence-corrected chi connectivity index (χ0v) is 24.0. The largest absolute Gasteiger partial charge is 0.457 e. The maximum Gasteiger partial charge on any atom is 0.338 e. The van der Waals surface area contributed by atoms with Gasteiger partial charge in [-0.2, -0.15) is 0 Å². The molecule has 3 unspecified atom stereocenters. The van der Waals surface area contributed by atoms with E-state index in [1.807, 2.05) is 18.2 Å².